The number of anilines is 2. The van der Waals surface area contributed by atoms with E-state index in [1.165, 1.54) is 24.4 Å². The zero-order valence-corrected chi connectivity index (χ0v) is 20.6. The second-order valence-corrected chi connectivity index (χ2v) is 8.45. The number of halogens is 1. The monoisotopic (exact) mass is 499 g/mol. The molecule has 4 aromatic rings. The minimum Gasteiger partial charge on any atom is -0.489 e. The Bertz CT molecular complexity index is 1450. The van der Waals surface area contributed by atoms with Crippen molar-refractivity contribution in [2.24, 2.45) is 0 Å². The zero-order valence-electron chi connectivity index (χ0n) is 20.6. The Morgan fingerprint density at radius 2 is 1.89 bits per heavy atom. The molecule has 37 heavy (non-hydrogen) atoms. The Labute approximate surface area is 213 Å². The van der Waals surface area contributed by atoms with Gasteiger partial charge in [0.15, 0.2) is 0 Å². The lowest BCUT2D eigenvalue weighted by molar-refractivity contribution is 0.0940. The lowest BCUT2D eigenvalue weighted by Gasteiger charge is -2.19. The molecule has 0 aliphatic rings. The summed E-state index contributed by atoms with van der Waals surface area (Å²) in [6.07, 6.45) is 2.85. The van der Waals surface area contributed by atoms with Crippen molar-refractivity contribution in [2.75, 3.05) is 24.2 Å². The molecule has 0 saturated carbocycles. The van der Waals surface area contributed by atoms with Crippen molar-refractivity contribution in [1.29, 1.82) is 5.26 Å². The lowest BCUT2D eigenvalue weighted by atomic mass is 10.1. The number of hydrogen-bond donors (Lipinski definition) is 3. The van der Waals surface area contributed by atoms with E-state index in [0.29, 0.717) is 24.1 Å². The van der Waals surface area contributed by atoms with Gasteiger partial charge in [-0.1, -0.05) is 12.1 Å². The van der Waals surface area contributed by atoms with E-state index in [0.717, 1.165) is 16.5 Å². The summed E-state index contributed by atoms with van der Waals surface area (Å²) < 4.78 is 19.3. The summed E-state index contributed by atoms with van der Waals surface area (Å²) in [4.78, 5) is 26.0. The zero-order chi connectivity index (χ0) is 26.4. The van der Waals surface area contributed by atoms with Crippen LogP contribution in [0.25, 0.3) is 10.9 Å². The molecule has 0 bridgehead atoms. The fourth-order valence-corrected chi connectivity index (χ4v) is 3.67. The summed E-state index contributed by atoms with van der Waals surface area (Å²) in [5, 5.41) is 19.1. The highest BCUT2D eigenvalue weighted by Gasteiger charge is 2.18. The Morgan fingerprint density at radius 1 is 1.11 bits per heavy atom. The van der Waals surface area contributed by atoms with Crippen LogP contribution in [0.1, 0.15) is 41.4 Å². The van der Waals surface area contributed by atoms with Crippen LogP contribution in [0.3, 0.4) is 0 Å². The molecule has 1 amide bonds. The molecule has 188 valence electrons. The van der Waals surface area contributed by atoms with Crippen LogP contribution in [-0.4, -0.2) is 40.6 Å². The van der Waals surface area contributed by atoms with E-state index >= 15 is 0 Å². The van der Waals surface area contributed by atoms with E-state index in [2.05, 4.69) is 30.9 Å². The number of benzene rings is 2. The standard InChI is InChI=1S/C27H26FN7O2/c1-16(37-22-8-9-24-20(11-22)15-33-27(30-3)35-24)13-31-25-23(10-18(12-29)14-32-25)26(36)34-17(2)19-4-6-21(28)7-5-19/h4-11,14-17H,13H2,1-3H3,(H,31,32)(H,34,36)(H,30,33,35)/t16-,17-/m0/s1. The van der Waals surface area contributed by atoms with Gasteiger partial charge in [0.05, 0.1) is 29.2 Å². The molecule has 2 aromatic heterocycles. The van der Waals surface area contributed by atoms with Crippen molar-refractivity contribution >= 4 is 28.6 Å². The number of nitrogens with zero attached hydrogens (tertiary/aromatic N) is 4. The second kappa shape index (κ2) is 11.3. The largest absolute Gasteiger partial charge is 0.489 e. The van der Waals surface area contributed by atoms with Crippen LogP contribution in [-0.2, 0) is 0 Å². The molecule has 4 rings (SSSR count). The van der Waals surface area contributed by atoms with Gasteiger partial charge < -0.3 is 20.7 Å². The number of aromatic nitrogens is 3. The molecule has 0 radical (unpaired) electrons. The maximum Gasteiger partial charge on any atom is 0.255 e. The summed E-state index contributed by atoms with van der Waals surface area (Å²) >= 11 is 0. The normalized spacial score (nSPS) is 12.3. The predicted molar refractivity (Wildman–Crippen MR) is 139 cm³/mol. The first-order valence-electron chi connectivity index (χ1n) is 11.7. The topological polar surface area (TPSA) is 125 Å². The minimum atomic E-state index is -0.409. The van der Waals surface area contributed by atoms with E-state index < -0.39 is 5.91 Å². The third kappa shape index (κ3) is 6.27. The number of carbonyl (C=O) groups is 1. The van der Waals surface area contributed by atoms with Gasteiger partial charge >= 0.3 is 0 Å². The number of hydrogen-bond acceptors (Lipinski definition) is 8. The average molecular weight is 500 g/mol. The van der Waals surface area contributed by atoms with Crippen LogP contribution in [0, 0.1) is 17.1 Å². The third-order valence-corrected chi connectivity index (χ3v) is 5.65. The van der Waals surface area contributed by atoms with Gasteiger partial charge in [0, 0.05) is 24.8 Å². The highest BCUT2D eigenvalue weighted by atomic mass is 19.1. The average Bonchev–Trinajstić information content (AvgIpc) is 2.91. The fourth-order valence-electron chi connectivity index (χ4n) is 3.67. The van der Waals surface area contributed by atoms with Crippen LogP contribution < -0.4 is 20.7 Å². The quantitative estimate of drug-likeness (QED) is 0.309. The SMILES string of the molecule is CNc1ncc2cc(O[C@@H](C)CNc3ncc(C#N)cc3C(=O)N[C@@H](C)c3ccc(F)cc3)ccc2n1. The number of amides is 1. The molecule has 0 saturated heterocycles. The van der Waals surface area contributed by atoms with Gasteiger partial charge in [-0.15, -0.1) is 0 Å². The number of rotatable bonds is 9. The number of pyridine rings is 1. The van der Waals surface area contributed by atoms with E-state index in [9.17, 15) is 14.4 Å². The van der Waals surface area contributed by atoms with Crippen LogP contribution >= 0.6 is 0 Å². The van der Waals surface area contributed by atoms with E-state index in [1.807, 2.05) is 31.2 Å². The van der Waals surface area contributed by atoms with Gasteiger partial charge in [-0.05, 0) is 55.8 Å². The van der Waals surface area contributed by atoms with Crippen LogP contribution in [0.4, 0.5) is 16.2 Å². The van der Waals surface area contributed by atoms with Crippen LogP contribution in [0.2, 0.25) is 0 Å². The highest BCUT2D eigenvalue weighted by molar-refractivity contribution is 5.99. The molecular weight excluding hydrogens is 473 g/mol. The Balaban J connectivity index is 1.43. The van der Waals surface area contributed by atoms with Gasteiger partial charge in [0.1, 0.15) is 29.6 Å². The van der Waals surface area contributed by atoms with Gasteiger partial charge in [-0.25, -0.2) is 19.3 Å². The van der Waals surface area contributed by atoms with Crippen molar-refractivity contribution in [2.45, 2.75) is 26.0 Å². The number of fused-ring (bicyclic) bond motifs is 1. The first-order valence-corrected chi connectivity index (χ1v) is 11.7. The first-order chi connectivity index (χ1) is 17.9. The van der Waals surface area contributed by atoms with Gasteiger partial charge in [0.2, 0.25) is 5.95 Å². The minimum absolute atomic E-state index is 0.225. The van der Waals surface area contributed by atoms with Gasteiger partial charge in [0.25, 0.3) is 5.91 Å². The molecule has 0 unspecified atom stereocenters. The van der Waals surface area contributed by atoms with Gasteiger partial charge in [-0.3, -0.25) is 4.79 Å². The molecule has 0 spiro atoms. The van der Waals surface area contributed by atoms with E-state index in [1.54, 1.807) is 32.3 Å². The fraction of sp³-hybridized carbons (Fsp3) is 0.222. The molecule has 3 N–H and O–H groups in total. The molecule has 2 heterocycles. The maximum absolute atomic E-state index is 13.2. The predicted octanol–water partition coefficient (Wildman–Crippen LogP) is 4.45. The smallest absolute Gasteiger partial charge is 0.255 e. The lowest BCUT2D eigenvalue weighted by Crippen LogP contribution is -2.29. The van der Waals surface area contributed by atoms with E-state index in [-0.39, 0.29) is 29.1 Å². The van der Waals surface area contributed by atoms with Crippen molar-refractivity contribution < 1.29 is 13.9 Å². The summed E-state index contributed by atoms with van der Waals surface area (Å²) in [7, 11) is 1.76. The molecule has 9 nitrogen and oxygen atoms in total. The summed E-state index contributed by atoms with van der Waals surface area (Å²) in [6.45, 7) is 4.03. The van der Waals surface area contributed by atoms with Gasteiger partial charge in [-0.2, -0.15) is 5.26 Å². The van der Waals surface area contributed by atoms with Crippen molar-refractivity contribution in [3.8, 4) is 11.8 Å². The molecule has 2 aromatic carbocycles. The molecule has 10 heteroatoms. The summed E-state index contributed by atoms with van der Waals surface area (Å²) in [5.41, 5.74) is 2.03. The second-order valence-electron chi connectivity index (χ2n) is 8.45. The number of ether oxygens (including phenoxy) is 1. The number of nitrogens with one attached hydrogen (secondary N) is 3. The number of nitriles is 1. The Hall–Kier alpha value is -4.78. The summed E-state index contributed by atoms with van der Waals surface area (Å²) in [6, 6.07) is 14.6. The van der Waals surface area contributed by atoms with Crippen molar-refractivity contribution in [3.05, 3.63) is 83.4 Å². The first kappa shape index (κ1) is 25.3. The maximum atomic E-state index is 13.2. The van der Waals surface area contributed by atoms with E-state index in [4.69, 9.17) is 4.74 Å². The summed E-state index contributed by atoms with van der Waals surface area (Å²) in [5.74, 6) is 0.760. The Morgan fingerprint density at radius 3 is 2.62 bits per heavy atom. The Kier molecular flexibility index (Phi) is 7.74. The third-order valence-electron chi connectivity index (χ3n) is 5.65. The number of carbonyl (C=O) groups excluding carboxylic acids is 1. The van der Waals surface area contributed by atoms with Crippen molar-refractivity contribution in [3.63, 3.8) is 0 Å². The molecular formula is C27H26FN7O2. The molecule has 0 fully saturated rings. The molecule has 2 atom stereocenters. The molecule has 0 aliphatic heterocycles. The molecule has 0 aliphatic carbocycles. The van der Waals surface area contributed by atoms with Crippen molar-refractivity contribution in [1.82, 2.24) is 20.3 Å². The van der Waals surface area contributed by atoms with Crippen LogP contribution in [0.15, 0.2) is 60.9 Å². The highest BCUT2D eigenvalue weighted by Crippen LogP contribution is 2.22. The van der Waals surface area contributed by atoms with Crippen LogP contribution in [0.5, 0.6) is 5.75 Å².